The van der Waals surface area contributed by atoms with Crippen molar-refractivity contribution in [1.82, 2.24) is 23.8 Å². The van der Waals surface area contributed by atoms with Gasteiger partial charge in [0.25, 0.3) is 10.0 Å². The van der Waals surface area contributed by atoms with Crippen LogP contribution in [0.5, 0.6) is 0 Å². The number of aryl methyl sites for hydroxylation is 2. The van der Waals surface area contributed by atoms with Crippen LogP contribution in [0.4, 0.5) is 23.5 Å². The summed E-state index contributed by atoms with van der Waals surface area (Å²) in [5.74, 6) is -0.230. The number of alkyl halides is 4. The lowest BCUT2D eigenvalue weighted by molar-refractivity contribution is -0.137. The predicted octanol–water partition coefficient (Wildman–Crippen LogP) is 3.35. The first-order valence-electron chi connectivity index (χ1n) is 10.2. The topological polar surface area (TPSA) is 117 Å². The summed E-state index contributed by atoms with van der Waals surface area (Å²) in [7, 11) is -2.38. The van der Waals surface area contributed by atoms with E-state index in [4.69, 9.17) is 5.26 Å². The quantitative estimate of drug-likeness (QED) is 0.504. The molecule has 2 atom stereocenters. The van der Waals surface area contributed by atoms with Gasteiger partial charge in [-0.1, -0.05) is 0 Å². The van der Waals surface area contributed by atoms with Crippen LogP contribution in [0.1, 0.15) is 22.4 Å². The zero-order chi connectivity index (χ0) is 25.5. The van der Waals surface area contributed by atoms with E-state index in [1.807, 2.05) is 6.07 Å². The summed E-state index contributed by atoms with van der Waals surface area (Å²) in [6.07, 6.45) is -3.14. The molecule has 0 aliphatic carbocycles. The molecular formula is C20H19F4N7O2S2. The number of hydrogen-bond donors (Lipinski definition) is 1. The first-order valence-corrected chi connectivity index (χ1v) is 12.5. The van der Waals surface area contributed by atoms with Crippen molar-refractivity contribution in [2.75, 3.05) is 18.4 Å². The van der Waals surface area contributed by atoms with E-state index in [9.17, 15) is 26.0 Å². The zero-order valence-electron chi connectivity index (χ0n) is 18.4. The van der Waals surface area contributed by atoms with E-state index in [2.05, 4.69) is 20.3 Å². The standard InChI is InChI=1S/C20H19F4N7O2S2/c1-11-12(6-25)5-16(34-11)18-13(20(22,23)24)7-26-19(29-18)28-15-3-4-31(8-14(15)21)35(32,33)17-9-30(2)10-27-17/h5,7,9-10,14-15H,3-4,8H2,1-2H3,(H,26,28,29)/t14-,15-/m1/s1. The van der Waals surface area contributed by atoms with Crippen LogP contribution in [0.3, 0.4) is 0 Å². The zero-order valence-corrected chi connectivity index (χ0v) is 20.0. The van der Waals surface area contributed by atoms with Crippen molar-refractivity contribution in [3.63, 3.8) is 0 Å². The molecule has 3 aromatic rings. The summed E-state index contributed by atoms with van der Waals surface area (Å²) in [6.45, 7) is 1.13. The first kappa shape index (κ1) is 25.0. The fraction of sp³-hybridized carbons (Fsp3) is 0.400. The average molecular weight is 530 g/mol. The monoisotopic (exact) mass is 529 g/mol. The van der Waals surface area contributed by atoms with Gasteiger partial charge >= 0.3 is 6.18 Å². The van der Waals surface area contributed by atoms with Crippen molar-refractivity contribution in [3.8, 4) is 16.6 Å². The molecule has 0 unspecified atom stereocenters. The van der Waals surface area contributed by atoms with Crippen LogP contribution in [0.15, 0.2) is 29.8 Å². The van der Waals surface area contributed by atoms with Gasteiger partial charge in [-0.25, -0.2) is 27.8 Å². The van der Waals surface area contributed by atoms with Gasteiger partial charge in [-0.05, 0) is 19.4 Å². The molecule has 0 aromatic carbocycles. The molecule has 0 amide bonds. The van der Waals surface area contributed by atoms with E-state index in [0.29, 0.717) is 11.1 Å². The van der Waals surface area contributed by atoms with Crippen LogP contribution < -0.4 is 5.32 Å². The van der Waals surface area contributed by atoms with Crippen molar-refractivity contribution in [2.45, 2.75) is 36.8 Å². The predicted molar refractivity (Wildman–Crippen MR) is 119 cm³/mol. The lowest BCUT2D eigenvalue weighted by Gasteiger charge is -2.33. The van der Waals surface area contributed by atoms with E-state index in [0.717, 1.165) is 15.6 Å². The number of anilines is 1. The number of sulfonamides is 1. The molecule has 9 nitrogen and oxygen atoms in total. The van der Waals surface area contributed by atoms with Crippen LogP contribution >= 0.6 is 11.3 Å². The lowest BCUT2D eigenvalue weighted by atomic mass is 10.1. The van der Waals surface area contributed by atoms with Crippen LogP contribution in [0, 0.1) is 18.3 Å². The van der Waals surface area contributed by atoms with Crippen molar-refractivity contribution >= 4 is 27.3 Å². The molecule has 15 heteroatoms. The molecule has 3 aromatic heterocycles. The van der Waals surface area contributed by atoms with E-state index in [-0.39, 0.29) is 34.4 Å². The van der Waals surface area contributed by atoms with Crippen LogP contribution in [-0.4, -0.2) is 57.5 Å². The Kier molecular flexibility index (Phi) is 6.56. The molecular weight excluding hydrogens is 510 g/mol. The lowest BCUT2D eigenvalue weighted by Crippen LogP contribution is -2.50. The molecule has 4 rings (SSSR count). The summed E-state index contributed by atoms with van der Waals surface area (Å²) >= 11 is 0.985. The molecule has 186 valence electrons. The Bertz CT molecular complexity index is 1400. The minimum absolute atomic E-state index is 0.0276. The van der Waals surface area contributed by atoms with E-state index in [1.165, 1.54) is 23.2 Å². The molecule has 0 bridgehead atoms. The van der Waals surface area contributed by atoms with Gasteiger partial charge in [-0.3, -0.25) is 0 Å². The fourth-order valence-corrected chi connectivity index (χ4v) is 6.04. The number of nitrogens with one attached hydrogen (secondary N) is 1. The SMILES string of the molecule is Cc1sc(-c2nc(N[C@@H]3CCN(S(=O)(=O)c4cn(C)cn4)C[C@H]3F)ncc2C(F)(F)F)cc1C#N. The van der Waals surface area contributed by atoms with Gasteiger partial charge in [-0.2, -0.15) is 22.7 Å². The highest BCUT2D eigenvalue weighted by Gasteiger charge is 2.39. The van der Waals surface area contributed by atoms with Crippen molar-refractivity contribution in [1.29, 1.82) is 5.26 Å². The second-order valence-electron chi connectivity index (χ2n) is 7.94. The fourth-order valence-electron chi connectivity index (χ4n) is 3.63. The second-order valence-corrected chi connectivity index (χ2v) is 11.1. The number of imidazole rings is 1. The molecule has 0 spiro atoms. The third-order valence-electron chi connectivity index (χ3n) is 5.47. The number of nitriles is 1. The van der Waals surface area contributed by atoms with E-state index < -0.39 is 46.2 Å². The third kappa shape index (κ3) is 5.00. The Balaban J connectivity index is 1.56. The normalized spacial score (nSPS) is 19.5. The first-order chi connectivity index (χ1) is 16.4. The molecule has 1 fully saturated rings. The number of piperidine rings is 1. The number of thiophene rings is 1. The summed E-state index contributed by atoms with van der Waals surface area (Å²) in [6, 6.07) is 2.32. The summed E-state index contributed by atoms with van der Waals surface area (Å²) in [5, 5.41) is 11.7. The Labute approximate surface area is 202 Å². The van der Waals surface area contributed by atoms with Gasteiger partial charge in [0.1, 0.15) is 17.8 Å². The van der Waals surface area contributed by atoms with Crippen molar-refractivity contribution < 1.29 is 26.0 Å². The summed E-state index contributed by atoms with van der Waals surface area (Å²) < 4.78 is 83.6. The highest BCUT2D eigenvalue weighted by atomic mass is 32.2. The minimum atomic E-state index is -4.74. The molecule has 1 aliphatic rings. The second kappa shape index (κ2) is 9.17. The van der Waals surface area contributed by atoms with Gasteiger partial charge in [0, 0.05) is 37.4 Å². The molecule has 1 saturated heterocycles. The van der Waals surface area contributed by atoms with Gasteiger partial charge in [-0.15, -0.1) is 11.3 Å². The molecule has 1 N–H and O–H groups in total. The molecule has 0 saturated carbocycles. The van der Waals surface area contributed by atoms with Crippen LogP contribution in [-0.2, 0) is 23.2 Å². The maximum absolute atomic E-state index is 15.0. The van der Waals surface area contributed by atoms with Crippen LogP contribution in [0.2, 0.25) is 0 Å². The summed E-state index contributed by atoms with van der Waals surface area (Å²) in [4.78, 5) is 12.2. The minimum Gasteiger partial charge on any atom is -0.348 e. The third-order valence-corrected chi connectivity index (χ3v) is 8.28. The number of hydrogen-bond acceptors (Lipinski definition) is 8. The highest BCUT2D eigenvalue weighted by molar-refractivity contribution is 7.89. The van der Waals surface area contributed by atoms with Crippen molar-refractivity contribution in [2.24, 2.45) is 7.05 Å². The Morgan fingerprint density at radius 2 is 2.06 bits per heavy atom. The smallest absolute Gasteiger partial charge is 0.348 e. The molecule has 1 aliphatic heterocycles. The van der Waals surface area contributed by atoms with Crippen molar-refractivity contribution in [3.05, 3.63) is 40.8 Å². The molecule has 4 heterocycles. The molecule has 0 radical (unpaired) electrons. The largest absolute Gasteiger partial charge is 0.420 e. The number of rotatable bonds is 5. The number of nitrogens with zero attached hydrogens (tertiary/aromatic N) is 6. The van der Waals surface area contributed by atoms with Gasteiger partial charge in [0.15, 0.2) is 5.03 Å². The van der Waals surface area contributed by atoms with Gasteiger partial charge < -0.3 is 9.88 Å². The Hall–Kier alpha value is -3.09. The Morgan fingerprint density at radius 3 is 2.63 bits per heavy atom. The average Bonchev–Trinajstić information content (AvgIpc) is 3.40. The maximum atomic E-state index is 15.0. The molecule has 35 heavy (non-hydrogen) atoms. The Morgan fingerprint density at radius 1 is 1.31 bits per heavy atom. The van der Waals surface area contributed by atoms with E-state index >= 15 is 0 Å². The van der Waals surface area contributed by atoms with Crippen LogP contribution in [0.25, 0.3) is 10.6 Å². The highest BCUT2D eigenvalue weighted by Crippen LogP contribution is 2.39. The maximum Gasteiger partial charge on any atom is 0.420 e. The number of aromatic nitrogens is 4. The number of halogens is 4. The van der Waals surface area contributed by atoms with E-state index in [1.54, 1.807) is 14.0 Å². The van der Waals surface area contributed by atoms with Gasteiger partial charge in [0.2, 0.25) is 5.95 Å². The van der Waals surface area contributed by atoms with Gasteiger partial charge in [0.05, 0.1) is 28.5 Å². The summed E-state index contributed by atoms with van der Waals surface area (Å²) in [5.41, 5.74) is -1.27.